The van der Waals surface area contributed by atoms with Crippen LogP contribution in [0.5, 0.6) is 0 Å². The molecular formula is C13H20IN3O2. The molecule has 1 aromatic rings. The molecule has 5 nitrogen and oxygen atoms in total. The lowest BCUT2D eigenvalue weighted by Gasteiger charge is -2.33. The smallest absolute Gasteiger partial charge is 0.309 e. The number of rotatable bonds is 2. The first-order valence-electron chi connectivity index (χ1n) is 6.53. The zero-order valence-corrected chi connectivity index (χ0v) is 13.8. The minimum atomic E-state index is -0.397. The maximum Gasteiger partial charge on any atom is 0.309 e. The fourth-order valence-corrected chi connectivity index (χ4v) is 2.51. The van der Waals surface area contributed by atoms with E-state index in [1.165, 1.54) is 0 Å². The molecule has 19 heavy (non-hydrogen) atoms. The van der Waals surface area contributed by atoms with Gasteiger partial charge in [0.15, 0.2) is 0 Å². The zero-order valence-electron chi connectivity index (χ0n) is 11.6. The second-order valence-corrected chi connectivity index (χ2v) is 7.09. The number of hydrogen-bond acceptors (Lipinski definition) is 4. The highest BCUT2D eigenvalue weighted by molar-refractivity contribution is 14.1. The first-order valence-corrected chi connectivity index (χ1v) is 7.61. The maximum absolute atomic E-state index is 12.0. The Morgan fingerprint density at radius 3 is 2.53 bits per heavy atom. The summed E-state index contributed by atoms with van der Waals surface area (Å²) in [4.78, 5) is 13.9. The highest BCUT2D eigenvalue weighted by atomic mass is 127. The summed E-state index contributed by atoms with van der Waals surface area (Å²) in [6.07, 6.45) is 5.48. The average molecular weight is 377 g/mol. The maximum atomic E-state index is 12.0. The van der Waals surface area contributed by atoms with Crippen molar-refractivity contribution in [3.8, 4) is 0 Å². The molecule has 0 radical (unpaired) electrons. The summed E-state index contributed by atoms with van der Waals surface area (Å²) < 4.78 is 6.56. The van der Waals surface area contributed by atoms with E-state index in [-0.39, 0.29) is 11.9 Å². The molecule has 1 saturated heterocycles. The molecule has 1 aliphatic heterocycles. The van der Waals surface area contributed by atoms with Crippen LogP contribution in [0.1, 0.15) is 33.6 Å². The van der Waals surface area contributed by atoms with Gasteiger partial charge in [-0.1, -0.05) is 0 Å². The predicted octanol–water partition coefficient (Wildman–Crippen LogP) is 2.18. The fraction of sp³-hybridized carbons (Fsp3) is 0.692. The Balaban J connectivity index is 1.87. The van der Waals surface area contributed by atoms with Gasteiger partial charge in [-0.3, -0.25) is 9.80 Å². The van der Waals surface area contributed by atoms with Crippen molar-refractivity contribution in [1.82, 2.24) is 9.89 Å². The van der Waals surface area contributed by atoms with Gasteiger partial charge in [-0.2, -0.15) is 9.89 Å². The molecule has 0 atom stereocenters. The lowest BCUT2D eigenvalue weighted by atomic mass is 9.97. The van der Waals surface area contributed by atoms with Crippen molar-refractivity contribution >= 4 is 28.6 Å². The second-order valence-electron chi connectivity index (χ2n) is 5.84. The third kappa shape index (κ3) is 4.09. The van der Waals surface area contributed by atoms with Gasteiger partial charge in [0, 0.05) is 13.1 Å². The van der Waals surface area contributed by atoms with Crippen LogP contribution in [0.3, 0.4) is 0 Å². The number of halogens is 1. The first kappa shape index (κ1) is 14.6. The Hall–Kier alpha value is -0.790. The van der Waals surface area contributed by atoms with Gasteiger partial charge < -0.3 is 4.74 Å². The Morgan fingerprint density at radius 1 is 1.42 bits per heavy atom. The average Bonchev–Trinajstić information content (AvgIpc) is 2.74. The fourth-order valence-electron chi connectivity index (χ4n) is 2.14. The Kier molecular flexibility index (Phi) is 4.37. The molecule has 2 heterocycles. The van der Waals surface area contributed by atoms with Gasteiger partial charge in [0.05, 0.1) is 21.9 Å². The highest BCUT2D eigenvalue weighted by Crippen LogP contribution is 2.21. The van der Waals surface area contributed by atoms with Crippen molar-refractivity contribution in [3.05, 3.63) is 16.0 Å². The van der Waals surface area contributed by atoms with Crippen LogP contribution in [0, 0.1) is 9.49 Å². The van der Waals surface area contributed by atoms with E-state index in [0.29, 0.717) is 0 Å². The Morgan fingerprint density at radius 2 is 2.05 bits per heavy atom. The van der Waals surface area contributed by atoms with Crippen LogP contribution in [-0.4, -0.2) is 34.5 Å². The number of nitrogens with zero attached hydrogens (tertiary/aromatic N) is 3. The third-order valence-electron chi connectivity index (χ3n) is 3.04. The Bertz CT molecular complexity index is 445. The molecule has 0 unspecified atom stereocenters. The van der Waals surface area contributed by atoms with Crippen LogP contribution in [0.4, 0.5) is 0 Å². The largest absolute Gasteiger partial charge is 0.460 e. The van der Waals surface area contributed by atoms with Crippen molar-refractivity contribution in [3.63, 3.8) is 0 Å². The highest BCUT2D eigenvalue weighted by Gasteiger charge is 2.29. The summed E-state index contributed by atoms with van der Waals surface area (Å²) in [5, 5.41) is 6.44. The summed E-state index contributed by atoms with van der Waals surface area (Å²) in [6, 6.07) is 0. The summed E-state index contributed by atoms with van der Waals surface area (Å²) >= 11 is 2.24. The number of ether oxygens (including phenoxy) is 1. The minimum Gasteiger partial charge on any atom is -0.460 e. The van der Waals surface area contributed by atoms with Crippen LogP contribution < -0.4 is 5.01 Å². The van der Waals surface area contributed by atoms with Gasteiger partial charge in [-0.15, -0.1) is 0 Å². The van der Waals surface area contributed by atoms with E-state index in [4.69, 9.17) is 4.74 Å². The van der Waals surface area contributed by atoms with E-state index in [1.54, 1.807) is 0 Å². The normalized spacial score (nSPS) is 17.6. The molecule has 0 saturated carbocycles. The molecule has 0 spiro atoms. The minimum absolute atomic E-state index is 0.0186. The molecule has 0 aromatic carbocycles. The molecule has 2 rings (SSSR count). The van der Waals surface area contributed by atoms with Gasteiger partial charge in [-0.25, -0.2) is 0 Å². The standard InChI is InChI=1S/C13H20IN3O2/c1-13(2,3)19-12(18)10-4-6-16(7-5-10)17-9-11(14)8-15-17/h8-10H,4-7H2,1-3H3. The number of carbonyl (C=O) groups excluding carboxylic acids is 1. The van der Waals surface area contributed by atoms with Crippen LogP contribution >= 0.6 is 22.6 Å². The quantitative estimate of drug-likeness (QED) is 0.586. The molecular weight excluding hydrogens is 357 g/mol. The van der Waals surface area contributed by atoms with Crippen molar-refractivity contribution in [2.45, 2.75) is 39.2 Å². The number of carbonyl (C=O) groups is 1. The van der Waals surface area contributed by atoms with Gasteiger partial charge in [0.1, 0.15) is 5.60 Å². The van der Waals surface area contributed by atoms with Crippen molar-refractivity contribution in [2.75, 3.05) is 18.1 Å². The van der Waals surface area contributed by atoms with E-state index in [0.717, 1.165) is 29.5 Å². The lowest BCUT2D eigenvalue weighted by molar-refractivity contribution is -0.160. The van der Waals surface area contributed by atoms with E-state index in [9.17, 15) is 4.79 Å². The predicted molar refractivity (Wildman–Crippen MR) is 81.5 cm³/mol. The molecule has 0 amide bonds. The zero-order chi connectivity index (χ0) is 14.0. The van der Waals surface area contributed by atoms with Gasteiger partial charge >= 0.3 is 5.97 Å². The van der Waals surface area contributed by atoms with E-state index >= 15 is 0 Å². The monoisotopic (exact) mass is 377 g/mol. The van der Waals surface area contributed by atoms with Gasteiger partial charge in [0.2, 0.25) is 0 Å². The van der Waals surface area contributed by atoms with E-state index in [1.807, 2.05) is 38.0 Å². The van der Waals surface area contributed by atoms with Crippen molar-refractivity contribution in [1.29, 1.82) is 0 Å². The summed E-state index contributed by atoms with van der Waals surface area (Å²) in [5.74, 6) is -0.0488. The molecule has 0 bridgehead atoms. The van der Waals surface area contributed by atoms with E-state index in [2.05, 4.69) is 32.7 Å². The van der Waals surface area contributed by atoms with Crippen molar-refractivity contribution in [2.24, 2.45) is 5.92 Å². The molecule has 0 N–H and O–H groups in total. The number of hydrogen-bond donors (Lipinski definition) is 0. The van der Waals surface area contributed by atoms with Crippen LogP contribution in [-0.2, 0) is 9.53 Å². The SMILES string of the molecule is CC(C)(C)OC(=O)C1CCN(n2cc(I)cn2)CC1. The summed E-state index contributed by atoms with van der Waals surface area (Å²) in [6.45, 7) is 7.40. The Labute approximate surface area is 127 Å². The second kappa shape index (κ2) is 5.68. The molecule has 1 aromatic heterocycles. The lowest BCUT2D eigenvalue weighted by Crippen LogP contribution is -2.44. The van der Waals surface area contributed by atoms with E-state index < -0.39 is 5.60 Å². The van der Waals surface area contributed by atoms with Gasteiger partial charge in [-0.05, 0) is 56.2 Å². The summed E-state index contributed by atoms with van der Waals surface area (Å²) in [5.41, 5.74) is -0.397. The van der Waals surface area contributed by atoms with Crippen molar-refractivity contribution < 1.29 is 9.53 Å². The molecule has 0 aliphatic carbocycles. The van der Waals surface area contributed by atoms with Crippen LogP contribution in [0.25, 0.3) is 0 Å². The number of aromatic nitrogens is 2. The molecule has 1 fully saturated rings. The molecule has 1 aliphatic rings. The molecule has 6 heteroatoms. The summed E-state index contributed by atoms with van der Waals surface area (Å²) in [7, 11) is 0. The number of piperidine rings is 1. The third-order valence-corrected chi connectivity index (χ3v) is 3.60. The van der Waals surface area contributed by atoms with Gasteiger partial charge in [0.25, 0.3) is 0 Å². The topological polar surface area (TPSA) is 47.4 Å². The number of esters is 1. The van der Waals surface area contributed by atoms with Crippen LogP contribution in [0.15, 0.2) is 12.4 Å². The molecule has 106 valence electrons. The first-order chi connectivity index (χ1) is 8.85. The van der Waals surface area contributed by atoms with Crippen LogP contribution in [0.2, 0.25) is 0 Å².